The maximum absolute atomic E-state index is 11.5. The third-order valence-corrected chi connectivity index (χ3v) is 6.20. The van der Waals surface area contributed by atoms with Crippen LogP contribution in [0, 0.1) is 0 Å². The zero-order valence-electron chi connectivity index (χ0n) is 14.6. The predicted molar refractivity (Wildman–Crippen MR) is 93.9 cm³/mol. The van der Waals surface area contributed by atoms with E-state index in [4.69, 9.17) is 41.1 Å². The lowest BCUT2D eigenvalue weighted by atomic mass is 10.1. The summed E-state index contributed by atoms with van der Waals surface area (Å²) in [6.45, 7) is -1.08. The monoisotopic (exact) mass is 464 g/mol. The summed E-state index contributed by atoms with van der Waals surface area (Å²) in [7, 11) is -9.82. The number of hydrogen-bond acceptors (Lipinski definition) is 12. The first kappa shape index (κ1) is 25.8. The Labute approximate surface area is 162 Å². The second-order valence-corrected chi connectivity index (χ2v) is 8.98. The molecule has 1 aliphatic heterocycles. The van der Waals surface area contributed by atoms with Gasteiger partial charge in [-0.2, -0.15) is 4.98 Å². The molecule has 6 atom stereocenters. The van der Waals surface area contributed by atoms with Gasteiger partial charge in [0.1, 0.15) is 24.1 Å². The van der Waals surface area contributed by atoms with E-state index in [2.05, 4.69) is 9.29 Å². The SMILES string of the molecule is NCC(O)P(=O)(O)OP(=O)(O)O.Nc1ccn([C@@H]2O[C@H](CO)[C@@H](O)[C@H]2O)c(=O)n1. The standard InChI is InChI=1S/C9H13N3O5.C2H9NO7P2/c10-5-1-2-12(9(16)11-5)8-7(15)6(14)4(3-13)17-8;3-1-2(4)11(5,6)10-12(7,8)9/h1-2,4,6-8,13-15H,3H2,(H2,10,11,16);2,4H,1,3H2,(H,5,6)(H2,7,8,9)/t4-,6-,7-,8-;/m1./s1. The summed E-state index contributed by atoms with van der Waals surface area (Å²) in [5.74, 6) is -1.94. The van der Waals surface area contributed by atoms with Crippen LogP contribution < -0.4 is 17.2 Å². The van der Waals surface area contributed by atoms with Gasteiger partial charge in [0.15, 0.2) is 12.1 Å². The third-order valence-electron chi connectivity index (χ3n) is 3.45. The van der Waals surface area contributed by atoms with Crippen LogP contribution in [0.4, 0.5) is 5.82 Å². The number of aromatic nitrogens is 2. The third kappa shape index (κ3) is 7.18. The molecule has 1 aromatic rings. The van der Waals surface area contributed by atoms with E-state index >= 15 is 0 Å². The van der Waals surface area contributed by atoms with Crippen LogP contribution in [0.3, 0.4) is 0 Å². The molecule has 0 amide bonds. The van der Waals surface area contributed by atoms with Crippen LogP contribution in [0.1, 0.15) is 6.23 Å². The van der Waals surface area contributed by atoms with Gasteiger partial charge >= 0.3 is 21.1 Å². The van der Waals surface area contributed by atoms with Crippen LogP contribution in [0.15, 0.2) is 17.1 Å². The average Bonchev–Trinajstić information content (AvgIpc) is 2.87. The molecule has 0 saturated carbocycles. The number of nitrogen functional groups attached to an aromatic ring is 1. The number of rotatable bonds is 6. The second-order valence-electron chi connectivity index (χ2n) is 5.62. The molecule has 29 heavy (non-hydrogen) atoms. The second kappa shape index (κ2) is 10.2. The zero-order valence-corrected chi connectivity index (χ0v) is 16.4. The van der Waals surface area contributed by atoms with Gasteiger partial charge in [-0.3, -0.25) is 9.13 Å². The molecule has 2 heterocycles. The highest BCUT2D eigenvalue weighted by atomic mass is 31.3. The summed E-state index contributed by atoms with van der Waals surface area (Å²) in [6, 6.07) is 1.37. The minimum Gasteiger partial charge on any atom is -0.394 e. The highest BCUT2D eigenvalue weighted by molar-refractivity contribution is 7.63. The van der Waals surface area contributed by atoms with Crippen LogP contribution in [0.25, 0.3) is 0 Å². The molecule has 2 rings (SSSR count). The van der Waals surface area contributed by atoms with E-state index in [9.17, 15) is 24.1 Å². The molecule has 16 nitrogen and oxygen atoms in total. The molecule has 1 aliphatic rings. The van der Waals surface area contributed by atoms with E-state index in [0.29, 0.717) is 0 Å². The number of aliphatic hydroxyl groups is 4. The molecule has 1 aromatic heterocycles. The van der Waals surface area contributed by atoms with E-state index in [0.717, 1.165) is 4.57 Å². The Hall–Kier alpha value is -1.26. The Balaban J connectivity index is 0.000000311. The van der Waals surface area contributed by atoms with Gasteiger partial charge in [0.25, 0.3) is 0 Å². The summed E-state index contributed by atoms with van der Waals surface area (Å²) >= 11 is 0. The molecule has 168 valence electrons. The zero-order chi connectivity index (χ0) is 22.6. The molecule has 11 N–H and O–H groups in total. The molecule has 18 heteroatoms. The summed E-state index contributed by atoms with van der Waals surface area (Å²) in [6.07, 6.45) is -3.27. The number of nitrogens with two attached hydrogens (primary N) is 2. The van der Waals surface area contributed by atoms with E-state index in [1.165, 1.54) is 12.3 Å². The largest absolute Gasteiger partial charge is 0.476 e. The van der Waals surface area contributed by atoms with Crippen molar-refractivity contribution < 1.29 is 53.3 Å². The number of hydrogen-bond donors (Lipinski definition) is 9. The fourth-order valence-electron chi connectivity index (χ4n) is 2.07. The van der Waals surface area contributed by atoms with E-state index < -0.39 is 64.6 Å². The molecule has 0 radical (unpaired) electrons. The van der Waals surface area contributed by atoms with Crippen LogP contribution in [0.2, 0.25) is 0 Å². The highest BCUT2D eigenvalue weighted by Crippen LogP contribution is 2.58. The summed E-state index contributed by atoms with van der Waals surface area (Å²) < 4.78 is 30.3. The molecule has 2 unspecified atom stereocenters. The number of nitrogens with zero attached hydrogens (tertiary/aromatic N) is 2. The molecule has 0 aromatic carbocycles. The van der Waals surface area contributed by atoms with Crippen molar-refractivity contribution in [3.8, 4) is 0 Å². The van der Waals surface area contributed by atoms with Gasteiger partial charge in [-0.15, -0.1) is 0 Å². The Bertz CT molecular complexity index is 830. The van der Waals surface area contributed by atoms with Crippen molar-refractivity contribution in [1.82, 2.24) is 9.55 Å². The molecule has 1 saturated heterocycles. The maximum atomic E-state index is 11.5. The van der Waals surface area contributed by atoms with Crippen molar-refractivity contribution in [3.05, 3.63) is 22.7 Å². The van der Waals surface area contributed by atoms with Crippen molar-refractivity contribution in [2.45, 2.75) is 30.4 Å². The van der Waals surface area contributed by atoms with Crippen LogP contribution in [-0.2, 0) is 18.2 Å². The van der Waals surface area contributed by atoms with Gasteiger partial charge in [-0.05, 0) is 6.07 Å². The number of anilines is 1. The average molecular weight is 464 g/mol. The fourth-order valence-corrected chi connectivity index (χ4v) is 3.99. The van der Waals surface area contributed by atoms with Gasteiger partial charge in [0.05, 0.1) is 6.61 Å². The van der Waals surface area contributed by atoms with Crippen LogP contribution >= 0.6 is 15.4 Å². The van der Waals surface area contributed by atoms with Gasteiger partial charge in [0.2, 0.25) is 0 Å². The molecular formula is C11H22N4O12P2. The Morgan fingerprint density at radius 2 is 1.86 bits per heavy atom. The number of ether oxygens (including phenoxy) is 1. The Kier molecular flexibility index (Phi) is 9.04. The maximum Gasteiger partial charge on any atom is 0.476 e. The molecule has 0 aliphatic carbocycles. The first-order chi connectivity index (χ1) is 13.2. The Morgan fingerprint density at radius 3 is 2.28 bits per heavy atom. The Morgan fingerprint density at radius 1 is 1.28 bits per heavy atom. The minimum absolute atomic E-state index is 0.0537. The van der Waals surface area contributed by atoms with Crippen molar-refractivity contribution in [1.29, 1.82) is 0 Å². The summed E-state index contributed by atoms with van der Waals surface area (Å²) in [5, 5.41) is 36.8. The molecular weight excluding hydrogens is 442 g/mol. The molecule has 1 fully saturated rings. The summed E-state index contributed by atoms with van der Waals surface area (Å²) in [5.41, 5.74) is 9.39. The number of aliphatic hydroxyl groups excluding tert-OH is 4. The van der Waals surface area contributed by atoms with E-state index in [1.807, 2.05) is 0 Å². The van der Waals surface area contributed by atoms with Gasteiger partial charge < -0.3 is 51.3 Å². The highest BCUT2D eigenvalue weighted by Gasteiger charge is 2.43. The first-order valence-corrected chi connectivity index (χ1v) is 10.9. The van der Waals surface area contributed by atoms with Gasteiger partial charge in [-0.1, -0.05) is 0 Å². The lowest BCUT2D eigenvalue weighted by Crippen LogP contribution is -2.36. The smallest absolute Gasteiger partial charge is 0.394 e. The fraction of sp³-hybridized carbons (Fsp3) is 0.636. The molecule has 0 spiro atoms. The predicted octanol–water partition coefficient (Wildman–Crippen LogP) is -4.00. The molecule has 0 bridgehead atoms. The van der Waals surface area contributed by atoms with E-state index in [-0.39, 0.29) is 5.82 Å². The van der Waals surface area contributed by atoms with Crippen LogP contribution in [0.5, 0.6) is 0 Å². The van der Waals surface area contributed by atoms with Gasteiger partial charge in [0, 0.05) is 12.7 Å². The van der Waals surface area contributed by atoms with E-state index in [1.54, 1.807) is 0 Å². The van der Waals surface area contributed by atoms with Crippen molar-refractivity contribution in [2.24, 2.45) is 5.73 Å². The topological polar surface area (TPSA) is 281 Å². The summed E-state index contributed by atoms with van der Waals surface area (Å²) in [4.78, 5) is 39.8. The van der Waals surface area contributed by atoms with Crippen molar-refractivity contribution in [3.63, 3.8) is 0 Å². The van der Waals surface area contributed by atoms with Crippen LogP contribution in [-0.4, -0.2) is 82.0 Å². The minimum atomic E-state index is -5.08. The quantitative estimate of drug-likeness (QED) is 0.181. The lowest BCUT2D eigenvalue weighted by Gasteiger charge is -2.16. The van der Waals surface area contributed by atoms with Crippen molar-refractivity contribution >= 4 is 21.2 Å². The number of phosphoric acid groups is 1. The van der Waals surface area contributed by atoms with Crippen molar-refractivity contribution in [2.75, 3.05) is 18.9 Å². The van der Waals surface area contributed by atoms with Gasteiger partial charge in [-0.25, -0.2) is 13.7 Å². The normalized spacial score (nSPS) is 27.6. The lowest BCUT2D eigenvalue weighted by molar-refractivity contribution is -0.0549. The first-order valence-electron chi connectivity index (χ1n) is 7.68.